The zero-order valence-electron chi connectivity index (χ0n) is 20.2. The molecule has 0 spiro atoms. The van der Waals surface area contributed by atoms with Gasteiger partial charge in [0.2, 0.25) is 0 Å². The van der Waals surface area contributed by atoms with Gasteiger partial charge in [0.1, 0.15) is 0 Å². The van der Waals surface area contributed by atoms with E-state index >= 15 is 0 Å². The van der Waals surface area contributed by atoms with Crippen LogP contribution in [0.15, 0.2) is 154 Å². The summed E-state index contributed by atoms with van der Waals surface area (Å²) < 4.78 is 0. The molecule has 4 nitrogen and oxygen atoms in total. The van der Waals surface area contributed by atoms with Crippen LogP contribution >= 0.6 is 0 Å². The maximum atomic E-state index is 4.41. The van der Waals surface area contributed by atoms with Gasteiger partial charge in [-0.2, -0.15) is 20.5 Å². The maximum Gasteiger partial charge on any atom is 0.0863 e. The number of hydrogen-bond donors (Lipinski definition) is 0. The third-order valence-electron chi connectivity index (χ3n) is 6.31. The molecule has 0 atom stereocenters. The Morgan fingerprint density at radius 1 is 0.324 bits per heavy atom. The van der Waals surface area contributed by atoms with Crippen molar-refractivity contribution in [2.75, 3.05) is 0 Å². The minimum atomic E-state index is 0.835. The van der Waals surface area contributed by atoms with Gasteiger partial charge in [-0.05, 0) is 87.6 Å². The van der Waals surface area contributed by atoms with Gasteiger partial charge in [0.25, 0.3) is 0 Å². The van der Waals surface area contributed by atoms with Gasteiger partial charge in [0, 0.05) is 0 Å². The van der Waals surface area contributed by atoms with Crippen molar-refractivity contribution in [2.45, 2.75) is 6.42 Å². The van der Waals surface area contributed by atoms with Crippen LogP contribution in [0.1, 0.15) is 11.1 Å². The van der Waals surface area contributed by atoms with E-state index in [0.29, 0.717) is 0 Å². The summed E-state index contributed by atoms with van der Waals surface area (Å²) in [6, 6.07) is 45.2. The van der Waals surface area contributed by atoms with Crippen LogP contribution in [-0.4, -0.2) is 0 Å². The third-order valence-corrected chi connectivity index (χ3v) is 6.31. The summed E-state index contributed by atoms with van der Waals surface area (Å²) in [6.07, 6.45) is 0.837. The van der Waals surface area contributed by atoms with E-state index < -0.39 is 0 Å². The van der Waals surface area contributed by atoms with Gasteiger partial charge in [0.05, 0.1) is 22.7 Å². The molecule has 0 aliphatic carbocycles. The highest BCUT2D eigenvalue weighted by Crippen LogP contribution is 2.26. The van der Waals surface area contributed by atoms with Crippen molar-refractivity contribution < 1.29 is 0 Å². The highest BCUT2D eigenvalue weighted by molar-refractivity contribution is 5.85. The smallest absolute Gasteiger partial charge is 0.0863 e. The predicted octanol–water partition coefficient (Wildman–Crippen LogP) is 10.4. The lowest BCUT2D eigenvalue weighted by Gasteiger charge is -2.03. The van der Waals surface area contributed by atoms with Crippen LogP contribution in [0.2, 0.25) is 0 Å². The van der Waals surface area contributed by atoms with Crippen molar-refractivity contribution in [1.29, 1.82) is 0 Å². The fourth-order valence-corrected chi connectivity index (χ4v) is 4.31. The molecule has 0 amide bonds. The molecule has 0 saturated heterocycles. The topological polar surface area (TPSA) is 49.4 Å². The zero-order valence-corrected chi connectivity index (χ0v) is 20.2. The molecule has 6 rings (SSSR count). The summed E-state index contributed by atoms with van der Waals surface area (Å²) in [5.41, 5.74) is 5.80. The molecule has 0 aromatic heterocycles. The zero-order chi connectivity index (χ0) is 24.9. The van der Waals surface area contributed by atoms with Crippen LogP contribution in [0.4, 0.5) is 22.7 Å². The monoisotopic (exact) mass is 476 g/mol. The molecule has 6 aromatic carbocycles. The Hall–Kier alpha value is -4.96. The van der Waals surface area contributed by atoms with Crippen LogP contribution in [0, 0.1) is 0 Å². The average Bonchev–Trinajstić information content (AvgIpc) is 2.96. The average molecular weight is 477 g/mol. The summed E-state index contributed by atoms with van der Waals surface area (Å²) >= 11 is 0. The van der Waals surface area contributed by atoms with E-state index in [1.54, 1.807) is 0 Å². The second-order valence-corrected chi connectivity index (χ2v) is 8.97. The van der Waals surface area contributed by atoms with Crippen molar-refractivity contribution in [2.24, 2.45) is 20.5 Å². The van der Waals surface area contributed by atoms with Gasteiger partial charge in [-0.15, -0.1) is 0 Å². The first-order valence-corrected chi connectivity index (χ1v) is 12.3. The molecule has 0 heterocycles. The van der Waals surface area contributed by atoms with Gasteiger partial charge in [0.15, 0.2) is 0 Å². The molecule has 0 radical (unpaired) electrons. The van der Waals surface area contributed by atoms with Crippen LogP contribution in [0.5, 0.6) is 0 Å². The predicted molar refractivity (Wildman–Crippen MR) is 152 cm³/mol. The summed E-state index contributed by atoms with van der Waals surface area (Å²) in [6.45, 7) is 0. The molecule has 6 aromatic rings. The molecular formula is C33H24N4. The highest BCUT2D eigenvalue weighted by atomic mass is 15.1. The first kappa shape index (κ1) is 22.5. The van der Waals surface area contributed by atoms with Crippen molar-refractivity contribution in [3.8, 4) is 0 Å². The second-order valence-electron chi connectivity index (χ2n) is 8.97. The van der Waals surface area contributed by atoms with Gasteiger partial charge in [-0.25, -0.2) is 0 Å². The summed E-state index contributed by atoms with van der Waals surface area (Å²) in [4.78, 5) is 0. The molecule has 37 heavy (non-hydrogen) atoms. The Kier molecular flexibility index (Phi) is 6.29. The van der Waals surface area contributed by atoms with Crippen molar-refractivity contribution in [3.05, 3.63) is 145 Å². The fraction of sp³-hybridized carbons (Fsp3) is 0.0303. The van der Waals surface area contributed by atoms with E-state index in [1.807, 2.05) is 60.7 Å². The highest BCUT2D eigenvalue weighted by Gasteiger charge is 2.00. The molecule has 176 valence electrons. The molecule has 0 bridgehead atoms. The molecule has 0 unspecified atom stereocenters. The fourth-order valence-electron chi connectivity index (χ4n) is 4.31. The van der Waals surface area contributed by atoms with Crippen LogP contribution < -0.4 is 0 Å². The number of fused-ring (bicyclic) bond motifs is 2. The molecule has 0 aliphatic rings. The number of hydrogen-bond acceptors (Lipinski definition) is 4. The van der Waals surface area contributed by atoms with Gasteiger partial charge in [-0.1, -0.05) is 84.9 Å². The van der Waals surface area contributed by atoms with Crippen molar-refractivity contribution in [1.82, 2.24) is 0 Å². The molecule has 4 heteroatoms. The lowest BCUT2D eigenvalue weighted by atomic mass is 10.0. The SMILES string of the molecule is c1ccc2cc(N=Nc3ccc(Cc4ccc(N=Nc5ccc6ccccc6c5)cc4)cc3)ccc2c1. The Labute approximate surface area is 215 Å². The Bertz CT molecular complexity index is 1600. The molecule has 0 saturated carbocycles. The molecule has 0 N–H and O–H groups in total. The Morgan fingerprint density at radius 2 is 0.676 bits per heavy atom. The second kappa shape index (κ2) is 10.3. The number of benzene rings is 6. The lowest BCUT2D eigenvalue weighted by Crippen LogP contribution is -1.86. The lowest BCUT2D eigenvalue weighted by molar-refractivity contribution is 1.17. The van der Waals surface area contributed by atoms with Crippen LogP contribution in [-0.2, 0) is 6.42 Å². The van der Waals surface area contributed by atoms with Gasteiger partial charge >= 0.3 is 0 Å². The van der Waals surface area contributed by atoms with Crippen molar-refractivity contribution in [3.63, 3.8) is 0 Å². The van der Waals surface area contributed by atoms with Gasteiger partial charge in [-0.3, -0.25) is 0 Å². The van der Waals surface area contributed by atoms with E-state index in [4.69, 9.17) is 0 Å². The van der Waals surface area contributed by atoms with Gasteiger partial charge < -0.3 is 0 Å². The minimum absolute atomic E-state index is 0.835. The maximum absolute atomic E-state index is 4.41. The molecule has 0 fully saturated rings. The first-order valence-electron chi connectivity index (χ1n) is 12.3. The van der Waals surface area contributed by atoms with E-state index in [-0.39, 0.29) is 0 Å². The normalized spacial score (nSPS) is 11.7. The summed E-state index contributed by atoms with van der Waals surface area (Å²) in [5, 5.41) is 22.4. The summed E-state index contributed by atoms with van der Waals surface area (Å²) in [7, 11) is 0. The standard InChI is InChI=1S/C33H24N4/c1-3-7-28-22-32(19-13-26(28)5-1)36-34-30-15-9-24(10-16-30)21-25-11-17-31(18-12-25)35-37-33-20-14-27-6-2-4-8-29(27)23-33/h1-20,22-23H,21H2. The van der Waals surface area contributed by atoms with E-state index in [1.165, 1.54) is 21.9 Å². The largest absolute Gasteiger partial charge is 0.151 e. The van der Waals surface area contributed by atoms with E-state index in [9.17, 15) is 0 Å². The quantitative estimate of drug-likeness (QED) is 0.215. The number of nitrogens with zero attached hydrogens (tertiary/aromatic N) is 4. The van der Waals surface area contributed by atoms with E-state index in [2.05, 4.69) is 93.3 Å². The third kappa shape index (κ3) is 5.49. The minimum Gasteiger partial charge on any atom is -0.151 e. The van der Waals surface area contributed by atoms with Crippen LogP contribution in [0.3, 0.4) is 0 Å². The Balaban J connectivity index is 1.08. The first-order chi connectivity index (χ1) is 18.3. The molecular weight excluding hydrogens is 452 g/mol. The summed E-state index contributed by atoms with van der Waals surface area (Å²) in [5.74, 6) is 0. The van der Waals surface area contributed by atoms with Crippen LogP contribution in [0.25, 0.3) is 21.5 Å². The number of rotatable bonds is 6. The molecule has 0 aliphatic heterocycles. The Morgan fingerprint density at radius 3 is 1.11 bits per heavy atom. The van der Waals surface area contributed by atoms with Crippen molar-refractivity contribution >= 4 is 44.3 Å². The number of azo groups is 2. The van der Waals surface area contributed by atoms with E-state index in [0.717, 1.165) is 39.9 Å².